The van der Waals surface area contributed by atoms with E-state index in [1.54, 1.807) is 23.5 Å². The Kier molecular flexibility index (Phi) is 6.92. The van der Waals surface area contributed by atoms with Crippen molar-refractivity contribution >= 4 is 23.1 Å². The van der Waals surface area contributed by atoms with E-state index in [0.29, 0.717) is 12.0 Å². The first-order chi connectivity index (χ1) is 15.1. The number of halogens is 1. The van der Waals surface area contributed by atoms with Gasteiger partial charge in [0.1, 0.15) is 11.6 Å². The van der Waals surface area contributed by atoms with Crippen molar-refractivity contribution in [2.45, 2.75) is 50.9 Å². The van der Waals surface area contributed by atoms with Crippen LogP contribution in [-0.4, -0.2) is 27.6 Å². The second-order valence-corrected chi connectivity index (χ2v) is 8.92. The van der Waals surface area contributed by atoms with Crippen molar-refractivity contribution in [1.29, 1.82) is 0 Å². The molecule has 3 aromatic rings. The second kappa shape index (κ2) is 10.0. The zero-order valence-electron chi connectivity index (χ0n) is 17.3. The molecule has 4 rings (SSSR count). The van der Waals surface area contributed by atoms with Crippen molar-refractivity contribution in [3.63, 3.8) is 0 Å². The quantitative estimate of drug-likeness (QED) is 0.490. The maximum Gasteiger partial charge on any atom is 0.303 e. The number of carbonyl (C=O) groups is 1. The van der Waals surface area contributed by atoms with Gasteiger partial charge < -0.3 is 10.4 Å². The molecule has 7 heteroatoms. The number of carboxylic acids is 1. The van der Waals surface area contributed by atoms with Gasteiger partial charge in [-0.15, -0.1) is 11.3 Å². The Bertz CT molecular complexity index is 1050. The summed E-state index contributed by atoms with van der Waals surface area (Å²) in [6.07, 6.45) is 5.41. The first-order valence-electron chi connectivity index (χ1n) is 10.7. The monoisotopic (exact) mass is 439 g/mol. The van der Waals surface area contributed by atoms with E-state index in [4.69, 9.17) is 9.97 Å². The zero-order valence-corrected chi connectivity index (χ0v) is 18.1. The third-order valence-corrected chi connectivity index (χ3v) is 6.50. The van der Waals surface area contributed by atoms with Gasteiger partial charge in [-0.3, -0.25) is 4.79 Å². The van der Waals surface area contributed by atoms with Crippen LogP contribution >= 0.6 is 11.3 Å². The van der Waals surface area contributed by atoms with Gasteiger partial charge in [-0.25, -0.2) is 14.4 Å². The third kappa shape index (κ3) is 5.88. The first kappa shape index (κ1) is 21.4. The molecule has 5 nitrogen and oxygen atoms in total. The summed E-state index contributed by atoms with van der Waals surface area (Å²) in [5, 5.41) is 15.6. The molecule has 0 radical (unpaired) electrons. The number of hydrogen-bond acceptors (Lipinski definition) is 5. The molecule has 3 heterocycles. The lowest BCUT2D eigenvalue weighted by molar-refractivity contribution is -0.137. The number of rotatable bonds is 9. The fraction of sp³-hybridized carbons (Fsp3) is 0.375. The van der Waals surface area contributed by atoms with Crippen molar-refractivity contribution in [2.24, 2.45) is 0 Å². The predicted molar refractivity (Wildman–Crippen MR) is 120 cm³/mol. The van der Waals surface area contributed by atoms with Gasteiger partial charge in [0.2, 0.25) is 0 Å². The van der Waals surface area contributed by atoms with Crippen LogP contribution in [-0.2, 0) is 30.5 Å². The summed E-state index contributed by atoms with van der Waals surface area (Å²) >= 11 is 1.55. The average molecular weight is 440 g/mol. The highest BCUT2D eigenvalue weighted by Gasteiger charge is 2.19. The molecular weight excluding hydrogens is 413 g/mol. The number of benzene rings is 1. The number of hydrogen-bond donors (Lipinski definition) is 2. The molecule has 1 aliphatic heterocycles. The number of pyridine rings is 1. The first-order valence-corrected chi connectivity index (χ1v) is 11.6. The van der Waals surface area contributed by atoms with Crippen molar-refractivity contribution in [1.82, 2.24) is 9.97 Å². The van der Waals surface area contributed by atoms with E-state index < -0.39 is 5.97 Å². The molecule has 0 amide bonds. The molecule has 1 unspecified atom stereocenters. The van der Waals surface area contributed by atoms with Crippen LogP contribution in [0.25, 0.3) is 0 Å². The molecule has 0 aliphatic carbocycles. The average Bonchev–Trinajstić information content (AvgIpc) is 3.20. The summed E-state index contributed by atoms with van der Waals surface area (Å²) in [5.41, 5.74) is 4.11. The Morgan fingerprint density at radius 3 is 2.90 bits per heavy atom. The molecule has 0 bridgehead atoms. The van der Waals surface area contributed by atoms with Gasteiger partial charge in [-0.2, -0.15) is 0 Å². The highest BCUT2D eigenvalue weighted by molar-refractivity contribution is 7.09. The molecule has 0 saturated heterocycles. The van der Waals surface area contributed by atoms with Crippen LogP contribution < -0.4 is 5.32 Å². The molecule has 0 fully saturated rings. The predicted octanol–water partition coefficient (Wildman–Crippen LogP) is 5.01. The summed E-state index contributed by atoms with van der Waals surface area (Å²) < 4.78 is 13.6. The molecule has 1 aromatic carbocycles. The number of aryl methyl sites for hydroxylation is 3. The summed E-state index contributed by atoms with van der Waals surface area (Å²) in [4.78, 5) is 20.8. The maximum atomic E-state index is 13.6. The van der Waals surface area contributed by atoms with Gasteiger partial charge in [0.25, 0.3) is 0 Å². The molecule has 2 N–H and O–H groups in total. The van der Waals surface area contributed by atoms with Crippen LogP contribution in [0.4, 0.5) is 10.2 Å². The standard InChI is InChI=1S/C24H26FN3O2S/c25-19-6-1-4-17(12-19)18(14-23(29)30)13-22-27-21(15-31-22)8-2-7-20-10-9-16-5-3-11-26-24(16)28-20/h1,4,6,9-10,12,15,18H,2-3,5,7-8,11,13-14H2,(H,26,28)(H,29,30). The number of thiazole rings is 1. The number of nitrogens with one attached hydrogen (secondary N) is 1. The smallest absolute Gasteiger partial charge is 0.303 e. The lowest BCUT2D eigenvalue weighted by Crippen LogP contribution is -2.14. The van der Waals surface area contributed by atoms with Crippen LogP contribution in [0.15, 0.2) is 41.8 Å². The fourth-order valence-corrected chi connectivity index (χ4v) is 4.92. The van der Waals surface area contributed by atoms with E-state index in [1.165, 1.54) is 17.7 Å². The summed E-state index contributed by atoms with van der Waals surface area (Å²) in [6, 6.07) is 10.5. The molecule has 1 aliphatic rings. The van der Waals surface area contributed by atoms with E-state index >= 15 is 0 Å². The van der Waals surface area contributed by atoms with Crippen molar-refractivity contribution in [3.8, 4) is 0 Å². The molecule has 0 spiro atoms. The third-order valence-electron chi connectivity index (χ3n) is 5.58. The fourth-order valence-electron chi connectivity index (χ4n) is 4.01. The van der Waals surface area contributed by atoms with Crippen LogP contribution in [0.1, 0.15) is 52.7 Å². The maximum absolute atomic E-state index is 13.6. The van der Waals surface area contributed by atoms with Gasteiger partial charge >= 0.3 is 5.97 Å². The Morgan fingerprint density at radius 1 is 1.19 bits per heavy atom. The Morgan fingerprint density at radius 2 is 2.06 bits per heavy atom. The molecule has 31 heavy (non-hydrogen) atoms. The van der Waals surface area contributed by atoms with Crippen molar-refractivity contribution in [2.75, 3.05) is 11.9 Å². The summed E-state index contributed by atoms with van der Waals surface area (Å²) in [6.45, 7) is 0.990. The largest absolute Gasteiger partial charge is 0.481 e. The highest BCUT2D eigenvalue weighted by Crippen LogP contribution is 2.27. The zero-order chi connectivity index (χ0) is 21.6. The van der Waals surface area contributed by atoms with Gasteiger partial charge in [0.05, 0.1) is 17.1 Å². The van der Waals surface area contributed by atoms with Gasteiger partial charge in [0, 0.05) is 30.0 Å². The van der Waals surface area contributed by atoms with E-state index in [0.717, 1.165) is 60.9 Å². The van der Waals surface area contributed by atoms with Crippen molar-refractivity contribution < 1.29 is 14.3 Å². The minimum absolute atomic E-state index is 0.0452. The number of fused-ring (bicyclic) bond motifs is 1. The van der Waals surface area contributed by atoms with Crippen molar-refractivity contribution in [3.05, 3.63) is 75.1 Å². The van der Waals surface area contributed by atoms with Crippen LogP contribution in [0.3, 0.4) is 0 Å². The van der Waals surface area contributed by atoms with Gasteiger partial charge in [-0.05, 0) is 61.4 Å². The molecule has 1 atom stereocenters. The topological polar surface area (TPSA) is 75.1 Å². The molecule has 162 valence electrons. The molecule has 2 aromatic heterocycles. The van der Waals surface area contributed by atoms with E-state index in [1.807, 2.05) is 5.38 Å². The van der Waals surface area contributed by atoms with Gasteiger partial charge in [-0.1, -0.05) is 18.2 Å². The lowest BCUT2D eigenvalue weighted by atomic mass is 9.93. The van der Waals surface area contributed by atoms with E-state index in [2.05, 4.69) is 17.4 Å². The summed E-state index contributed by atoms with van der Waals surface area (Å²) in [5.74, 6) is -0.502. The highest BCUT2D eigenvalue weighted by atomic mass is 32.1. The normalized spacial score (nSPS) is 14.0. The number of aliphatic carboxylic acids is 1. The summed E-state index contributed by atoms with van der Waals surface area (Å²) in [7, 11) is 0. The Hall–Kier alpha value is -2.80. The Labute approximate surface area is 185 Å². The molecule has 0 saturated carbocycles. The number of carboxylic acid groups (broad SMARTS) is 1. The molecular formula is C24H26FN3O2S. The minimum Gasteiger partial charge on any atom is -0.481 e. The van der Waals surface area contributed by atoms with Gasteiger partial charge in [0.15, 0.2) is 0 Å². The van der Waals surface area contributed by atoms with Crippen LogP contribution in [0, 0.1) is 5.82 Å². The number of nitrogens with zero attached hydrogens (tertiary/aromatic N) is 2. The lowest BCUT2D eigenvalue weighted by Gasteiger charge is -2.17. The minimum atomic E-state index is -0.891. The van der Waals surface area contributed by atoms with Crippen LogP contribution in [0.2, 0.25) is 0 Å². The second-order valence-electron chi connectivity index (χ2n) is 7.98. The SMILES string of the molecule is O=C(O)CC(Cc1nc(CCCc2ccc3c(n2)NCCC3)cs1)c1cccc(F)c1. The number of aromatic nitrogens is 2. The number of anilines is 1. The van der Waals surface area contributed by atoms with E-state index in [-0.39, 0.29) is 18.2 Å². The Balaban J connectivity index is 1.34. The van der Waals surface area contributed by atoms with Crippen LogP contribution in [0.5, 0.6) is 0 Å². The van der Waals surface area contributed by atoms with E-state index in [9.17, 15) is 14.3 Å².